The molecule has 4 nitrogen and oxygen atoms in total. The number of nitrogens with two attached hydrogens (primary N) is 1. The van der Waals surface area contributed by atoms with E-state index in [0.717, 1.165) is 18.4 Å². The minimum absolute atomic E-state index is 0.102. The lowest BCUT2D eigenvalue weighted by molar-refractivity contribution is 0.106. The second-order valence-corrected chi connectivity index (χ2v) is 4.66. The molecule has 0 aromatic heterocycles. The quantitative estimate of drug-likeness (QED) is 0.560. The molecule has 108 valence electrons. The number of halogens is 1. The highest BCUT2D eigenvalue weighted by molar-refractivity contribution is 5.29. The Labute approximate surface area is 114 Å². The Bertz CT molecular complexity index is 388. The first kappa shape index (κ1) is 15.9. The average molecular weight is 270 g/mol. The molecule has 2 unspecified atom stereocenters. The molecule has 0 aliphatic heterocycles. The van der Waals surface area contributed by atoms with Crippen LogP contribution in [0.25, 0.3) is 0 Å². The number of ether oxygens (including phenoxy) is 2. The van der Waals surface area contributed by atoms with Gasteiger partial charge in [-0.3, -0.25) is 11.3 Å². The number of methoxy groups -OCH3 is 2. The Morgan fingerprint density at radius 3 is 2.58 bits per heavy atom. The van der Waals surface area contributed by atoms with Crippen molar-refractivity contribution in [1.82, 2.24) is 5.43 Å². The Hall–Kier alpha value is -1.17. The molecule has 0 aliphatic carbocycles. The van der Waals surface area contributed by atoms with Gasteiger partial charge in [-0.2, -0.15) is 0 Å². The highest BCUT2D eigenvalue weighted by atomic mass is 19.1. The molecule has 0 bridgehead atoms. The summed E-state index contributed by atoms with van der Waals surface area (Å²) in [4.78, 5) is 0. The summed E-state index contributed by atoms with van der Waals surface area (Å²) in [5.74, 6) is 5.45. The summed E-state index contributed by atoms with van der Waals surface area (Å²) < 4.78 is 23.7. The molecule has 0 saturated carbocycles. The molecule has 3 N–H and O–H groups in total. The van der Waals surface area contributed by atoms with Crippen LogP contribution in [0.4, 0.5) is 4.39 Å². The van der Waals surface area contributed by atoms with Crippen LogP contribution in [-0.2, 0) is 11.2 Å². The number of nitrogens with one attached hydrogen (secondary N) is 1. The zero-order valence-electron chi connectivity index (χ0n) is 11.8. The monoisotopic (exact) mass is 270 g/mol. The van der Waals surface area contributed by atoms with Crippen molar-refractivity contribution in [2.45, 2.75) is 38.3 Å². The van der Waals surface area contributed by atoms with E-state index in [-0.39, 0.29) is 23.7 Å². The smallest absolute Gasteiger partial charge is 0.165 e. The van der Waals surface area contributed by atoms with Crippen molar-refractivity contribution in [1.29, 1.82) is 0 Å². The summed E-state index contributed by atoms with van der Waals surface area (Å²) in [5, 5.41) is 0. The minimum Gasteiger partial charge on any atom is -0.494 e. The van der Waals surface area contributed by atoms with E-state index >= 15 is 0 Å². The molecule has 1 aromatic rings. The predicted molar refractivity (Wildman–Crippen MR) is 73.5 cm³/mol. The van der Waals surface area contributed by atoms with Gasteiger partial charge in [0.1, 0.15) is 0 Å². The SMILES string of the molecule is COc1ccc(CC(CCC(C)OC)NN)cc1F. The van der Waals surface area contributed by atoms with Gasteiger partial charge in [-0.05, 0) is 43.9 Å². The largest absolute Gasteiger partial charge is 0.494 e. The standard InChI is InChI=1S/C14H23FN2O2/c1-10(18-2)4-6-12(17-16)8-11-5-7-14(19-3)13(15)9-11/h5,7,9-10,12,17H,4,6,8,16H2,1-3H3. The van der Waals surface area contributed by atoms with E-state index < -0.39 is 0 Å². The zero-order chi connectivity index (χ0) is 14.3. The summed E-state index contributed by atoms with van der Waals surface area (Å²) in [5.41, 5.74) is 3.66. The molecule has 5 heteroatoms. The maximum absolute atomic E-state index is 13.6. The Morgan fingerprint density at radius 2 is 2.05 bits per heavy atom. The molecule has 0 amide bonds. The van der Waals surface area contributed by atoms with Crippen molar-refractivity contribution in [3.8, 4) is 5.75 Å². The second-order valence-electron chi connectivity index (χ2n) is 4.66. The Morgan fingerprint density at radius 1 is 1.32 bits per heavy atom. The van der Waals surface area contributed by atoms with Crippen molar-refractivity contribution < 1.29 is 13.9 Å². The molecule has 0 saturated heterocycles. The van der Waals surface area contributed by atoms with Crippen LogP contribution >= 0.6 is 0 Å². The number of hydrazine groups is 1. The van der Waals surface area contributed by atoms with Gasteiger partial charge in [0.15, 0.2) is 11.6 Å². The highest BCUT2D eigenvalue weighted by Gasteiger charge is 2.12. The lowest BCUT2D eigenvalue weighted by Crippen LogP contribution is -2.37. The summed E-state index contributed by atoms with van der Waals surface area (Å²) in [6.07, 6.45) is 2.65. The fourth-order valence-electron chi connectivity index (χ4n) is 1.92. The third-order valence-electron chi connectivity index (χ3n) is 3.26. The van der Waals surface area contributed by atoms with Crippen LogP contribution in [-0.4, -0.2) is 26.4 Å². The Balaban J connectivity index is 2.57. The number of benzene rings is 1. The van der Waals surface area contributed by atoms with Crippen LogP contribution in [0.15, 0.2) is 18.2 Å². The van der Waals surface area contributed by atoms with E-state index in [9.17, 15) is 4.39 Å². The highest BCUT2D eigenvalue weighted by Crippen LogP contribution is 2.19. The lowest BCUT2D eigenvalue weighted by Gasteiger charge is -2.18. The minimum atomic E-state index is -0.346. The maximum Gasteiger partial charge on any atom is 0.165 e. The summed E-state index contributed by atoms with van der Waals surface area (Å²) in [6.45, 7) is 2.01. The van der Waals surface area contributed by atoms with E-state index in [1.54, 1.807) is 13.2 Å². The van der Waals surface area contributed by atoms with Crippen molar-refractivity contribution in [2.75, 3.05) is 14.2 Å². The number of hydrogen-bond acceptors (Lipinski definition) is 4. The van der Waals surface area contributed by atoms with Crippen molar-refractivity contribution in [3.63, 3.8) is 0 Å². The lowest BCUT2D eigenvalue weighted by atomic mass is 10.0. The van der Waals surface area contributed by atoms with Gasteiger partial charge < -0.3 is 9.47 Å². The van der Waals surface area contributed by atoms with Gasteiger partial charge in [-0.15, -0.1) is 0 Å². The molecule has 0 fully saturated rings. The molecule has 0 aliphatic rings. The van der Waals surface area contributed by atoms with Crippen molar-refractivity contribution >= 4 is 0 Å². The first-order valence-electron chi connectivity index (χ1n) is 6.42. The van der Waals surface area contributed by atoms with E-state index in [2.05, 4.69) is 5.43 Å². The summed E-state index contributed by atoms with van der Waals surface area (Å²) >= 11 is 0. The molecule has 2 atom stereocenters. The normalized spacial score (nSPS) is 14.2. The first-order chi connectivity index (χ1) is 9.10. The van der Waals surface area contributed by atoms with Gasteiger partial charge in [0.2, 0.25) is 0 Å². The van der Waals surface area contributed by atoms with Gasteiger partial charge in [0, 0.05) is 13.2 Å². The molecule has 0 spiro atoms. The van der Waals surface area contributed by atoms with Crippen LogP contribution in [0.2, 0.25) is 0 Å². The molecule has 0 radical (unpaired) electrons. The fraction of sp³-hybridized carbons (Fsp3) is 0.571. The third-order valence-corrected chi connectivity index (χ3v) is 3.26. The van der Waals surface area contributed by atoms with Gasteiger partial charge in [-0.1, -0.05) is 6.07 Å². The van der Waals surface area contributed by atoms with E-state index in [0.29, 0.717) is 6.42 Å². The van der Waals surface area contributed by atoms with E-state index in [4.69, 9.17) is 15.3 Å². The zero-order valence-corrected chi connectivity index (χ0v) is 11.8. The van der Waals surface area contributed by atoms with Crippen molar-refractivity contribution in [3.05, 3.63) is 29.6 Å². The fourth-order valence-corrected chi connectivity index (χ4v) is 1.92. The summed E-state index contributed by atoms with van der Waals surface area (Å²) in [7, 11) is 3.14. The molecule has 0 heterocycles. The van der Waals surface area contributed by atoms with Crippen LogP contribution in [0.1, 0.15) is 25.3 Å². The van der Waals surface area contributed by atoms with Crippen molar-refractivity contribution in [2.24, 2.45) is 5.84 Å². The van der Waals surface area contributed by atoms with Gasteiger partial charge >= 0.3 is 0 Å². The third kappa shape index (κ3) is 5.14. The van der Waals surface area contributed by atoms with Gasteiger partial charge in [0.05, 0.1) is 13.2 Å². The predicted octanol–water partition coefficient (Wildman–Crippen LogP) is 2.02. The van der Waals surface area contributed by atoms with Gasteiger partial charge in [0.25, 0.3) is 0 Å². The number of hydrogen-bond donors (Lipinski definition) is 2. The molecule has 1 aromatic carbocycles. The van der Waals surface area contributed by atoms with Crippen LogP contribution in [0, 0.1) is 5.82 Å². The molecular formula is C14H23FN2O2. The van der Waals surface area contributed by atoms with Crippen LogP contribution < -0.4 is 16.0 Å². The van der Waals surface area contributed by atoms with Crippen LogP contribution in [0.3, 0.4) is 0 Å². The van der Waals surface area contributed by atoms with E-state index in [1.807, 2.05) is 13.0 Å². The number of rotatable bonds is 8. The summed E-state index contributed by atoms with van der Waals surface area (Å²) in [6, 6.07) is 5.08. The topological polar surface area (TPSA) is 56.5 Å². The molecule has 19 heavy (non-hydrogen) atoms. The first-order valence-corrected chi connectivity index (χ1v) is 6.42. The van der Waals surface area contributed by atoms with Gasteiger partial charge in [-0.25, -0.2) is 4.39 Å². The molecule has 1 rings (SSSR count). The maximum atomic E-state index is 13.6. The average Bonchev–Trinajstić information content (AvgIpc) is 2.43. The Kier molecular flexibility index (Phi) is 6.77. The van der Waals surface area contributed by atoms with Crippen LogP contribution in [0.5, 0.6) is 5.75 Å². The van der Waals surface area contributed by atoms with E-state index in [1.165, 1.54) is 13.2 Å². The molecular weight excluding hydrogens is 247 g/mol. The second kappa shape index (κ2) is 8.09.